The highest BCUT2D eigenvalue weighted by atomic mass is 16.5. The predicted octanol–water partition coefficient (Wildman–Crippen LogP) is 2.08. The van der Waals surface area contributed by atoms with Crippen molar-refractivity contribution in [2.24, 2.45) is 0 Å². The van der Waals surface area contributed by atoms with Crippen molar-refractivity contribution in [3.05, 3.63) is 23.8 Å². The first kappa shape index (κ1) is 12.9. The Morgan fingerprint density at radius 2 is 2.28 bits per heavy atom. The maximum absolute atomic E-state index is 12.1. The molecule has 0 bridgehead atoms. The van der Waals surface area contributed by atoms with Crippen LogP contribution in [-0.4, -0.2) is 25.6 Å². The van der Waals surface area contributed by atoms with Crippen LogP contribution < -0.4 is 15.4 Å². The molecule has 1 saturated heterocycles. The van der Waals surface area contributed by atoms with Crippen LogP contribution in [-0.2, 0) is 4.79 Å². The van der Waals surface area contributed by atoms with Gasteiger partial charge in [-0.05, 0) is 44.0 Å². The Morgan fingerprint density at radius 1 is 1.44 bits per heavy atom. The molecule has 1 aliphatic heterocycles. The lowest BCUT2D eigenvalue weighted by molar-refractivity contribution is -0.118. The highest BCUT2D eigenvalue weighted by Crippen LogP contribution is 2.25. The Morgan fingerprint density at radius 3 is 2.94 bits per heavy atom. The number of methoxy groups -OCH3 is 1. The number of piperidine rings is 1. The molecule has 0 radical (unpaired) electrons. The summed E-state index contributed by atoms with van der Waals surface area (Å²) in [7, 11) is 1.61. The number of nitrogens with one attached hydrogen (secondary N) is 2. The molecule has 1 atom stereocenters. The highest BCUT2D eigenvalue weighted by molar-refractivity contribution is 5.96. The summed E-state index contributed by atoms with van der Waals surface area (Å²) in [5.74, 6) is 0.725. The van der Waals surface area contributed by atoms with E-state index in [1.165, 1.54) is 0 Å². The Balaban J connectivity index is 2.07. The van der Waals surface area contributed by atoms with E-state index in [2.05, 4.69) is 10.6 Å². The molecule has 18 heavy (non-hydrogen) atoms. The molecule has 0 unspecified atom stereocenters. The van der Waals surface area contributed by atoms with Crippen molar-refractivity contribution in [2.45, 2.75) is 32.2 Å². The van der Waals surface area contributed by atoms with E-state index < -0.39 is 0 Å². The van der Waals surface area contributed by atoms with E-state index in [0.717, 1.165) is 37.1 Å². The van der Waals surface area contributed by atoms with Crippen LogP contribution in [0.5, 0.6) is 5.75 Å². The average molecular weight is 248 g/mol. The van der Waals surface area contributed by atoms with E-state index >= 15 is 0 Å². The summed E-state index contributed by atoms with van der Waals surface area (Å²) in [4.78, 5) is 12.1. The maximum atomic E-state index is 12.1. The lowest BCUT2D eigenvalue weighted by atomic mass is 10.0. The SMILES string of the molecule is COc1ccc(C)cc1NC(=O)[C@H]1CCCCN1. The summed E-state index contributed by atoms with van der Waals surface area (Å²) in [6, 6.07) is 5.69. The van der Waals surface area contributed by atoms with Crippen molar-refractivity contribution < 1.29 is 9.53 Å². The number of carbonyl (C=O) groups is 1. The van der Waals surface area contributed by atoms with Crippen molar-refractivity contribution in [1.29, 1.82) is 0 Å². The monoisotopic (exact) mass is 248 g/mol. The van der Waals surface area contributed by atoms with Gasteiger partial charge in [0.1, 0.15) is 5.75 Å². The van der Waals surface area contributed by atoms with Crippen LogP contribution in [0.15, 0.2) is 18.2 Å². The molecule has 1 aromatic rings. The molecule has 0 aromatic heterocycles. The fourth-order valence-corrected chi connectivity index (χ4v) is 2.21. The molecule has 98 valence electrons. The van der Waals surface area contributed by atoms with Crippen molar-refractivity contribution in [3.8, 4) is 5.75 Å². The van der Waals surface area contributed by atoms with Gasteiger partial charge in [0, 0.05) is 0 Å². The van der Waals surface area contributed by atoms with Gasteiger partial charge in [-0.15, -0.1) is 0 Å². The summed E-state index contributed by atoms with van der Waals surface area (Å²) in [5, 5.41) is 6.18. The second-order valence-electron chi connectivity index (χ2n) is 4.70. The number of anilines is 1. The predicted molar refractivity (Wildman–Crippen MR) is 72.0 cm³/mol. The summed E-state index contributed by atoms with van der Waals surface area (Å²) in [6.07, 6.45) is 3.16. The number of aryl methyl sites for hydroxylation is 1. The average Bonchev–Trinajstić information content (AvgIpc) is 2.40. The van der Waals surface area contributed by atoms with E-state index in [-0.39, 0.29) is 11.9 Å². The number of benzene rings is 1. The Bertz CT molecular complexity index is 426. The maximum Gasteiger partial charge on any atom is 0.241 e. The van der Waals surface area contributed by atoms with Crippen LogP contribution in [0.3, 0.4) is 0 Å². The van der Waals surface area contributed by atoms with Gasteiger partial charge in [-0.1, -0.05) is 12.5 Å². The zero-order valence-corrected chi connectivity index (χ0v) is 11.0. The highest BCUT2D eigenvalue weighted by Gasteiger charge is 2.21. The molecule has 4 heteroatoms. The van der Waals surface area contributed by atoms with E-state index in [4.69, 9.17) is 4.74 Å². The molecule has 1 heterocycles. The van der Waals surface area contributed by atoms with Gasteiger partial charge in [0.25, 0.3) is 0 Å². The van der Waals surface area contributed by atoms with Gasteiger partial charge in [0.15, 0.2) is 0 Å². The molecule has 1 fully saturated rings. The number of carbonyl (C=O) groups excluding carboxylic acids is 1. The summed E-state index contributed by atoms with van der Waals surface area (Å²) < 4.78 is 5.25. The van der Waals surface area contributed by atoms with Crippen LogP contribution in [0.25, 0.3) is 0 Å². The fourth-order valence-electron chi connectivity index (χ4n) is 2.21. The Kier molecular flexibility index (Phi) is 4.20. The van der Waals surface area contributed by atoms with Gasteiger partial charge >= 0.3 is 0 Å². The third-order valence-electron chi connectivity index (χ3n) is 3.24. The number of rotatable bonds is 3. The first-order valence-electron chi connectivity index (χ1n) is 6.39. The molecule has 1 amide bonds. The van der Waals surface area contributed by atoms with Crippen molar-refractivity contribution in [3.63, 3.8) is 0 Å². The zero-order valence-electron chi connectivity index (χ0n) is 11.0. The van der Waals surface area contributed by atoms with E-state index in [1.807, 2.05) is 25.1 Å². The van der Waals surface area contributed by atoms with Crippen molar-refractivity contribution in [2.75, 3.05) is 19.0 Å². The molecule has 0 aliphatic carbocycles. The molecule has 2 N–H and O–H groups in total. The molecule has 4 nitrogen and oxygen atoms in total. The lowest BCUT2D eigenvalue weighted by Gasteiger charge is -2.23. The summed E-state index contributed by atoms with van der Waals surface area (Å²) >= 11 is 0. The molecular weight excluding hydrogens is 228 g/mol. The summed E-state index contributed by atoms with van der Waals surface area (Å²) in [6.45, 7) is 2.91. The Labute approximate surface area is 108 Å². The first-order valence-corrected chi connectivity index (χ1v) is 6.39. The molecule has 0 spiro atoms. The second-order valence-corrected chi connectivity index (χ2v) is 4.70. The van der Waals surface area contributed by atoms with Gasteiger partial charge in [-0.3, -0.25) is 4.79 Å². The molecule has 2 rings (SSSR count). The smallest absolute Gasteiger partial charge is 0.241 e. The minimum Gasteiger partial charge on any atom is -0.495 e. The number of hydrogen-bond donors (Lipinski definition) is 2. The van der Waals surface area contributed by atoms with Gasteiger partial charge < -0.3 is 15.4 Å². The van der Waals surface area contributed by atoms with Gasteiger partial charge in [0.2, 0.25) is 5.91 Å². The lowest BCUT2D eigenvalue weighted by Crippen LogP contribution is -2.43. The Hall–Kier alpha value is -1.55. The normalized spacial score (nSPS) is 19.3. The standard InChI is InChI=1S/C14H20N2O2/c1-10-6-7-13(18-2)12(9-10)16-14(17)11-5-3-4-8-15-11/h6-7,9,11,15H,3-5,8H2,1-2H3,(H,16,17)/t11-/m1/s1. The largest absolute Gasteiger partial charge is 0.495 e. The van der Waals surface area contributed by atoms with Crippen molar-refractivity contribution >= 4 is 11.6 Å². The van der Waals surface area contributed by atoms with Gasteiger partial charge in [0.05, 0.1) is 18.8 Å². The van der Waals surface area contributed by atoms with E-state index in [9.17, 15) is 4.79 Å². The van der Waals surface area contributed by atoms with Gasteiger partial charge in [-0.2, -0.15) is 0 Å². The minimum absolute atomic E-state index is 0.0265. The third-order valence-corrected chi connectivity index (χ3v) is 3.24. The van der Waals surface area contributed by atoms with Crippen LogP contribution >= 0.6 is 0 Å². The van der Waals surface area contributed by atoms with E-state index in [0.29, 0.717) is 5.75 Å². The van der Waals surface area contributed by atoms with Crippen LogP contribution in [0, 0.1) is 6.92 Å². The van der Waals surface area contributed by atoms with Crippen LogP contribution in [0.1, 0.15) is 24.8 Å². The summed E-state index contributed by atoms with van der Waals surface area (Å²) in [5.41, 5.74) is 1.84. The third kappa shape index (κ3) is 3.01. The second kappa shape index (κ2) is 5.87. The van der Waals surface area contributed by atoms with Crippen molar-refractivity contribution in [1.82, 2.24) is 5.32 Å². The quantitative estimate of drug-likeness (QED) is 0.861. The molecule has 1 aromatic carbocycles. The zero-order chi connectivity index (χ0) is 13.0. The number of hydrogen-bond acceptors (Lipinski definition) is 3. The van der Waals surface area contributed by atoms with E-state index in [1.54, 1.807) is 7.11 Å². The first-order chi connectivity index (χ1) is 8.70. The minimum atomic E-state index is -0.0797. The molecular formula is C14H20N2O2. The van der Waals surface area contributed by atoms with Crippen LogP contribution in [0.4, 0.5) is 5.69 Å². The topological polar surface area (TPSA) is 50.4 Å². The van der Waals surface area contributed by atoms with Gasteiger partial charge in [-0.25, -0.2) is 0 Å². The fraction of sp³-hybridized carbons (Fsp3) is 0.500. The number of amides is 1. The molecule has 1 aliphatic rings. The van der Waals surface area contributed by atoms with Crippen LogP contribution in [0.2, 0.25) is 0 Å². The molecule has 0 saturated carbocycles. The number of ether oxygens (including phenoxy) is 1.